The van der Waals surface area contributed by atoms with Crippen LogP contribution in [0.25, 0.3) is 0 Å². The van der Waals surface area contributed by atoms with Crippen molar-refractivity contribution in [2.45, 2.75) is 6.92 Å². The van der Waals surface area contributed by atoms with Crippen molar-refractivity contribution >= 4 is 17.5 Å². The Morgan fingerprint density at radius 2 is 2.40 bits per heavy atom. The standard InChI is InChI=1S/C13H13N5O2/c1-9-6-11(17-20-9)16-12(19)8-18(2)13-10(7-14)4-3-5-15-13/h3-6H,8H2,1-2H3,(H,16,17,19). The van der Waals surface area contributed by atoms with Gasteiger partial charge in [-0.05, 0) is 19.1 Å². The number of rotatable bonds is 4. The van der Waals surface area contributed by atoms with E-state index in [1.807, 2.05) is 6.07 Å². The second-order valence-corrected chi connectivity index (χ2v) is 4.21. The molecule has 7 nitrogen and oxygen atoms in total. The number of carbonyl (C=O) groups excluding carboxylic acids is 1. The Bertz CT molecular complexity index is 659. The van der Waals surface area contributed by atoms with E-state index in [0.717, 1.165) is 0 Å². The van der Waals surface area contributed by atoms with Gasteiger partial charge in [0.05, 0.1) is 12.1 Å². The highest BCUT2D eigenvalue weighted by atomic mass is 16.5. The van der Waals surface area contributed by atoms with Gasteiger partial charge in [-0.2, -0.15) is 5.26 Å². The maximum atomic E-state index is 11.9. The minimum Gasteiger partial charge on any atom is -0.360 e. The van der Waals surface area contributed by atoms with Gasteiger partial charge in [-0.15, -0.1) is 0 Å². The molecule has 0 spiro atoms. The first kappa shape index (κ1) is 13.5. The highest BCUT2D eigenvalue weighted by Crippen LogP contribution is 2.14. The molecule has 0 aliphatic carbocycles. The number of aryl methyl sites for hydroxylation is 1. The molecule has 102 valence electrons. The summed E-state index contributed by atoms with van der Waals surface area (Å²) in [6, 6.07) is 6.99. The van der Waals surface area contributed by atoms with E-state index in [4.69, 9.17) is 9.78 Å². The van der Waals surface area contributed by atoms with Gasteiger partial charge >= 0.3 is 0 Å². The Kier molecular flexibility index (Phi) is 3.96. The molecule has 2 aromatic rings. The van der Waals surface area contributed by atoms with Gasteiger partial charge in [0.25, 0.3) is 0 Å². The van der Waals surface area contributed by atoms with Crippen LogP contribution in [0.2, 0.25) is 0 Å². The van der Waals surface area contributed by atoms with Gasteiger partial charge in [0.15, 0.2) is 5.82 Å². The predicted molar refractivity (Wildman–Crippen MR) is 72.1 cm³/mol. The molecule has 0 aromatic carbocycles. The van der Waals surface area contributed by atoms with Crippen LogP contribution in [0.1, 0.15) is 11.3 Å². The third-order valence-electron chi connectivity index (χ3n) is 2.54. The number of amides is 1. The lowest BCUT2D eigenvalue weighted by Crippen LogP contribution is -2.31. The van der Waals surface area contributed by atoms with E-state index < -0.39 is 0 Å². The number of pyridine rings is 1. The Hall–Kier alpha value is -2.88. The fraction of sp³-hybridized carbons (Fsp3) is 0.231. The van der Waals surface area contributed by atoms with Crippen LogP contribution < -0.4 is 10.2 Å². The summed E-state index contributed by atoms with van der Waals surface area (Å²) in [5.74, 6) is 1.17. The van der Waals surface area contributed by atoms with Crippen molar-refractivity contribution in [3.63, 3.8) is 0 Å². The minimum atomic E-state index is -0.268. The summed E-state index contributed by atoms with van der Waals surface area (Å²) >= 11 is 0. The molecule has 0 atom stereocenters. The molecule has 0 aliphatic rings. The van der Waals surface area contributed by atoms with Gasteiger partial charge in [0.2, 0.25) is 5.91 Å². The second kappa shape index (κ2) is 5.84. The van der Waals surface area contributed by atoms with Crippen molar-refractivity contribution in [1.29, 1.82) is 5.26 Å². The maximum absolute atomic E-state index is 11.9. The van der Waals surface area contributed by atoms with E-state index in [9.17, 15) is 4.79 Å². The molecule has 1 amide bonds. The molecule has 20 heavy (non-hydrogen) atoms. The third kappa shape index (κ3) is 3.11. The highest BCUT2D eigenvalue weighted by Gasteiger charge is 2.13. The molecular weight excluding hydrogens is 258 g/mol. The van der Waals surface area contributed by atoms with Crippen LogP contribution in [-0.4, -0.2) is 29.6 Å². The molecule has 0 radical (unpaired) electrons. The molecule has 0 unspecified atom stereocenters. The minimum absolute atomic E-state index is 0.0532. The summed E-state index contributed by atoms with van der Waals surface area (Å²) in [5, 5.41) is 15.3. The Labute approximate surface area is 115 Å². The zero-order valence-corrected chi connectivity index (χ0v) is 11.1. The fourth-order valence-corrected chi connectivity index (χ4v) is 1.69. The highest BCUT2D eigenvalue weighted by molar-refractivity contribution is 5.93. The summed E-state index contributed by atoms with van der Waals surface area (Å²) in [7, 11) is 1.69. The van der Waals surface area contributed by atoms with Crippen LogP contribution in [0, 0.1) is 18.3 Å². The van der Waals surface area contributed by atoms with Gasteiger partial charge in [0, 0.05) is 19.3 Å². The van der Waals surface area contributed by atoms with Gasteiger partial charge < -0.3 is 14.7 Å². The molecule has 0 saturated carbocycles. The lowest BCUT2D eigenvalue weighted by atomic mass is 10.2. The van der Waals surface area contributed by atoms with Crippen LogP contribution in [-0.2, 0) is 4.79 Å². The predicted octanol–water partition coefficient (Wildman–Crippen LogP) is 1.32. The second-order valence-electron chi connectivity index (χ2n) is 4.21. The first-order valence-corrected chi connectivity index (χ1v) is 5.89. The quantitative estimate of drug-likeness (QED) is 0.901. The van der Waals surface area contributed by atoms with Crippen molar-refractivity contribution in [3.05, 3.63) is 35.7 Å². The van der Waals surface area contributed by atoms with Crippen molar-refractivity contribution < 1.29 is 9.32 Å². The number of hydrogen-bond acceptors (Lipinski definition) is 6. The van der Waals surface area contributed by atoms with Crippen LogP contribution in [0.4, 0.5) is 11.6 Å². The number of anilines is 2. The average molecular weight is 271 g/mol. The normalized spacial score (nSPS) is 9.85. The first-order chi connectivity index (χ1) is 9.60. The van der Waals surface area contributed by atoms with Crippen LogP contribution in [0.5, 0.6) is 0 Å². The number of aromatic nitrogens is 2. The van der Waals surface area contributed by atoms with E-state index >= 15 is 0 Å². The molecule has 0 saturated heterocycles. The SMILES string of the molecule is Cc1cc(NC(=O)CN(C)c2ncccc2C#N)no1. The lowest BCUT2D eigenvalue weighted by Gasteiger charge is -2.17. The fourth-order valence-electron chi connectivity index (χ4n) is 1.69. The van der Waals surface area contributed by atoms with E-state index in [2.05, 4.69) is 15.5 Å². The average Bonchev–Trinajstić information content (AvgIpc) is 2.83. The van der Waals surface area contributed by atoms with E-state index in [-0.39, 0.29) is 12.5 Å². The van der Waals surface area contributed by atoms with E-state index in [1.54, 1.807) is 43.3 Å². The van der Waals surface area contributed by atoms with Gasteiger partial charge in [-0.3, -0.25) is 4.79 Å². The monoisotopic (exact) mass is 271 g/mol. The molecule has 1 N–H and O–H groups in total. The molecule has 0 bridgehead atoms. The van der Waals surface area contributed by atoms with E-state index in [0.29, 0.717) is 23.0 Å². The van der Waals surface area contributed by atoms with Crippen LogP contribution >= 0.6 is 0 Å². The Morgan fingerprint density at radius 3 is 3.05 bits per heavy atom. The van der Waals surface area contributed by atoms with Crippen molar-refractivity contribution in [3.8, 4) is 6.07 Å². The Morgan fingerprint density at radius 1 is 1.60 bits per heavy atom. The largest absolute Gasteiger partial charge is 0.360 e. The topological polar surface area (TPSA) is 95.1 Å². The summed E-state index contributed by atoms with van der Waals surface area (Å²) in [4.78, 5) is 17.6. The Balaban J connectivity index is 2.02. The number of likely N-dealkylation sites (N-methyl/N-ethyl adjacent to an activating group) is 1. The van der Waals surface area contributed by atoms with Crippen molar-refractivity contribution in [2.75, 3.05) is 23.8 Å². The zero-order chi connectivity index (χ0) is 14.5. The van der Waals surface area contributed by atoms with Gasteiger partial charge in [-0.1, -0.05) is 5.16 Å². The smallest absolute Gasteiger partial charge is 0.245 e. The lowest BCUT2D eigenvalue weighted by molar-refractivity contribution is -0.115. The number of nitriles is 1. The van der Waals surface area contributed by atoms with Gasteiger partial charge in [-0.25, -0.2) is 4.98 Å². The first-order valence-electron chi connectivity index (χ1n) is 5.89. The molecule has 7 heteroatoms. The number of nitrogens with zero attached hydrogens (tertiary/aromatic N) is 4. The number of nitrogens with one attached hydrogen (secondary N) is 1. The van der Waals surface area contributed by atoms with Gasteiger partial charge in [0.1, 0.15) is 17.6 Å². The zero-order valence-electron chi connectivity index (χ0n) is 11.1. The third-order valence-corrected chi connectivity index (χ3v) is 2.54. The molecule has 2 rings (SSSR count). The maximum Gasteiger partial charge on any atom is 0.245 e. The van der Waals surface area contributed by atoms with Crippen molar-refractivity contribution in [1.82, 2.24) is 10.1 Å². The summed E-state index contributed by atoms with van der Waals surface area (Å²) in [6.45, 7) is 1.79. The molecular formula is C13H13N5O2. The molecule has 0 aliphatic heterocycles. The molecule has 2 heterocycles. The summed E-state index contributed by atoms with van der Waals surface area (Å²) < 4.78 is 4.86. The van der Waals surface area contributed by atoms with Crippen LogP contribution in [0.15, 0.2) is 28.9 Å². The number of carbonyl (C=O) groups is 1. The van der Waals surface area contributed by atoms with Crippen molar-refractivity contribution in [2.24, 2.45) is 0 Å². The molecule has 0 fully saturated rings. The summed E-state index contributed by atoms with van der Waals surface area (Å²) in [6.07, 6.45) is 1.57. The van der Waals surface area contributed by atoms with E-state index in [1.165, 1.54) is 0 Å². The molecule has 2 aromatic heterocycles. The number of hydrogen-bond donors (Lipinski definition) is 1. The van der Waals surface area contributed by atoms with Crippen LogP contribution in [0.3, 0.4) is 0 Å². The summed E-state index contributed by atoms with van der Waals surface area (Å²) in [5.41, 5.74) is 0.417.